The number of hydrogen-bond acceptors (Lipinski definition) is 6. The van der Waals surface area contributed by atoms with E-state index >= 15 is 0 Å². The highest BCUT2D eigenvalue weighted by molar-refractivity contribution is 6.04. The number of aryl methyl sites for hydroxylation is 1. The normalized spacial score (nSPS) is 17.7. The van der Waals surface area contributed by atoms with Crippen LogP contribution < -0.4 is 10.1 Å². The zero-order valence-corrected chi connectivity index (χ0v) is 18.2. The SMILES string of the molecule is COCCN1C(=O)c2ccccc2C(C(=O)Nc2cccc(OC)c2)C1c1cc(C)on1. The van der Waals surface area contributed by atoms with Gasteiger partial charge in [-0.25, -0.2) is 0 Å². The molecule has 3 aromatic rings. The van der Waals surface area contributed by atoms with Crippen LogP contribution >= 0.6 is 0 Å². The first kappa shape index (κ1) is 21.6. The van der Waals surface area contributed by atoms with Crippen LogP contribution in [0.2, 0.25) is 0 Å². The van der Waals surface area contributed by atoms with E-state index in [0.717, 1.165) is 0 Å². The summed E-state index contributed by atoms with van der Waals surface area (Å²) >= 11 is 0. The topological polar surface area (TPSA) is 93.9 Å². The quantitative estimate of drug-likeness (QED) is 0.610. The van der Waals surface area contributed by atoms with E-state index in [2.05, 4.69) is 10.5 Å². The molecule has 0 saturated carbocycles. The number of nitrogens with one attached hydrogen (secondary N) is 1. The lowest BCUT2D eigenvalue weighted by Gasteiger charge is -2.40. The highest BCUT2D eigenvalue weighted by atomic mass is 16.5. The predicted octanol–water partition coefficient (Wildman–Crippen LogP) is 3.56. The molecule has 8 heteroatoms. The lowest BCUT2D eigenvalue weighted by atomic mass is 9.80. The molecule has 1 aromatic heterocycles. The number of rotatable bonds is 7. The van der Waals surface area contributed by atoms with Crippen molar-refractivity contribution in [3.05, 3.63) is 77.2 Å². The third-order valence-corrected chi connectivity index (χ3v) is 5.54. The first-order chi connectivity index (χ1) is 15.5. The van der Waals surface area contributed by atoms with E-state index in [4.69, 9.17) is 14.0 Å². The fourth-order valence-electron chi connectivity index (χ4n) is 4.09. The molecule has 2 aromatic carbocycles. The average molecular weight is 435 g/mol. The molecule has 0 spiro atoms. The van der Waals surface area contributed by atoms with Crippen molar-refractivity contribution < 1.29 is 23.6 Å². The van der Waals surface area contributed by atoms with Gasteiger partial charge in [-0.2, -0.15) is 0 Å². The molecule has 0 radical (unpaired) electrons. The Hall–Kier alpha value is -3.65. The highest BCUT2D eigenvalue weighted by Crippen LogP contribution is 2.43. The number of fused-ring (bicyclic) bond motifs is 1. The monoisotopic (exact) mass is 435 g/mol. The van der Waals surface area contributed by atoms with Gasteiger partial charge in [0.1, 0.15) is 17.2 Å². The number of anilines is 1. The van der Waals surface area contributed by atoms with Gasteiger partial charge >= 0.3 is 0 Å². The number of carbonyl (C=O) groups is 2. The minimum Gasteiger partial charge on any atom is -0.497 e. The average Bonchev–Trinajstić information content (AvgIpc) is 3.24. The van der Waals surface area contributed by atoms with Gasteiger partial charge in [-0.15, -0.1) is 0 Å². The lowest BCUT2D eigenvalue weighted by molar-refractivity contribution is -0.119. The molecule has 0 bridgehead atoms. The molecule has 166 valence electrons. The Labute approximate surface area is 186 Å². The maximum Gasteiger partial charge on any atom is 0.254 e. The molecular weight excluding hydrogens is 410 g/mol. The predicted molar refractivity (Wildman–Crippen MR) is 118 cm³/mol. The molecule has 0 saturated heterocycles. The van der Waals surface area contributed by atoms with Crippen LogP contribution in [0.25, 0.3) is 0 Å². The van der Waals surface area contributed by atoms with Gasteiger partial charge in [-0.1, -0.05) is 29.4 Å². The summed E-state index contributed by atoms with van der Waals surface area (Å²) in [7, 11) is 3.14. The Morgan fingerprint density at radius 2 is 1.97 bits per heavy atom. The first-order valence-electron chi connectivity index (χ1n) is 10.3. The van der Waals surface area contributed by atoms with E-state index in [1.165, 1.54) is 0 Å². The number of hydrogen-bond donors (Lipinski definition) is 1. The summed E-state index contributed by atoms with van der Waals surface area (Å²) in [6.07, 6.45) is 0. The van der Waals surface area contributed by atoms with Crippen molar-refractivity contribution in [3.8, 4) is 5.75 Å². The minimum atomic E-state index is -0.698. The smallest absolute Gasteiger partial charge is 0.254 e. The molecule has 1 aliphatic rings. The van der Waals surface area contributed by atoms with E-state index in [9.17, 15) is 9.59 Å². The van der Waals surface area contributed by atoms with E-state index in [1.807, 2.05) is 12.1 Å². The molecule has 2 amide bonds. The molecule has 2 heterocycles. The number of ether oxygens (including phenoxy) is 2. The molecule has 0 aliphatic carbocycles. The third kappa shape index (κ3) is 4.09. The van der Waals surface area contributed by atoms with Crippen molar-refractivity contribution >= 4 is 17.5 Å². The van der Waals surface area contributed by atoms with Gasteiger partial charge in [0.2, 0.25) is 5.91 Å². The fraction of sp³-hybridized carbons (Fsp3) is 0.292. The third-order valence-electron chi connectivity index (χ3n) is 5.54. The summed E-state index contributed by atoms with van der Waals surface area (Å²) in [6.45, 7) is 2.41. The number of amides is 2. The maximum absolute atomic E-state index is 13.7. The molecule has 32 heavy (non-hydrogen) atoms. The largest absolute Gasteiger partial charge is 0.497 e. The summed E-state index contributed by atoms with van der Waals surface area (Å²) in [5.41, 5.74) is 2.26. The van der Waals surface area contributed by atoms with Gasteiger partial charge in [0.25, 0.3) is 5.91 Å². The summed E-state index contributed by atoms with van der Waals surface area (Å²) in [5, 5.41) is 7.14. The van der Waals surface area contributed by atoms with E-state index in [0.29, 0.717) is 47.2 Å². The van der Waals surface area contributed by atoms with Crippen LogP contribution in [0, 0.1) is 6.92 Å². The second-order valence-electron chi connectivity index (χ2n) is 7.58. The van der Waals surface area contributed by atoms with E-state index in [1.54, 1.807) is 68.5 Å². The highest BCUT2D eigenvalue weighted by Gasteiger charge is 2.45. The number of methoxy groups -OCH3 is 2. The maximum atomic E-state index is 13.7. The summed E-state index contributed by atoms with van der Waals surface area (Å²) < 4.78 is 15.8. The zero-order chi connectivity index (χ0) is 22.7. The number of carbonyl (C=O) groups excluding carboxylic acids is 2. The lowest BCUT2D eigenvalue weighted by Crippen LogP contribution is -2.47. The Kier molecular flexibility index (Phi) is 6.23. The second kappa shape index (κ2) is 9.23. The van der Waals surface area contributed by atoms with Crippen LogP contribution in [0.1, 0.15) is 39.3 Å². The first-order valence-corrected chi connectivity index (χ1v) is 10.3. The summed E-state index contributed by atoms with van der Waals surface area (Å²) in [4.78, 5) is 28.7. The van der Waals surface area contributed by atoms with Crippen molar-refractivity contribution in [2.45, 2.75) is 18.9 Å². The molecule has 2 unspecified atom stereocenters. The van der Waals surface area contributed by atoms with Crippen molar-refractivity contribution in [1.82, 2.24) is 10.1 Å². The van der Waals surface area contributed by atoms with E-state index < -0.39 is 12.0 Å². The standard InChI is InChI=1S/C24H25N3O5/c1-15-13-20(26-32-15)22-21(23(28)25-16-7-6-8-17(14-16)31-3)18-9-4-5-10-19(18)24(29)27(22)11-12-30-2/h4-10,13-14,21-22H,11-12H2,1-3H3,(H,25,28). The Morgan fingerprint density at radius 1 is 1.16 bits per heavy atom. The van der Waals surface area contributed by atoms with Crippen molar-refractivity contribution in [1.29, 1.82) is 0 Å². The molecule has 4 rings (SSSR count). The Balaban J connectivity index is 1.80. The molecule has 1 aliphatic heterocycles. The Morgan fingerprint density at radius 3 is 2.69 bits per heavy atom. The van der Waals surface area contributed by atoms with E-state index in [-0.39, 0.29) is 11.8 Å². The molecule has 1 N–H and O–H groups in total. The number of nitrogens with zero attached hydrogens (tertiary/aromatic N) is 2. The van der Waals surface area contributed by atoms with Gasteiger partial charge < -0.3 is 24.2 Å². The van der Waals surface area contributed by atoms with Crippen LogP contribution in [0.3, 0.4) is 0 Å². The van der Waals surface area contributed by atoms with Crippen LogP contribution in [-0.4, -0.2) is 49.2 Å². The van der Waals surface area contributed by atoms with Gasteiger partial charge in [0, 0.05) is 37.0 Å². The van der Waals surface area contributed by atoms with Crippen molar-refractivity contribution in [2.24, 2.45) is 0 Å². The van der Waals surface area contributed by atoms with Gasteiger partial charge in [-0.3, -0.25) is 9.59 Å². The van der Waals surface area contributed by atoms with Gasteiger partial charge in [-0.05, 0) is 30.7 Å². The van der Waals surface area contributed by atoms with Gasteiger partial charge in [0.05, 0.1) is 25.7 Å². The molecule has 8 nitrogen and oxygen atoms in total. The fourth-order valence-corrected chi connectivity index (χ4v) is 4.09. The van der Waals surface area contributed by atoms with Crippen LogP contribution in [0.4, 0.5) is 5.69 Å². The number of aromatic nitrogens is 1. The minimum absolute atomic E-state index is 0.172. The van der Waals surface area contributed by atoms with Crippen LogP contribution in [0.15, 0.2) is 59.1 Å². The molecule has 0 fully saturated rings. The van der Waals surface area contributed by atoms with Crippen LogP contribution in [-0.2, 0) is 9.53 Å². The van der Waals surface area contributed by atoms with Crippen molar-refractivity contribution in [2.75, 3.05) is 32.7 Å². The van der Waals surface area contributed by atoms with Crippen LogP contribution in [0.5, 0.6) is 5.75 Å². The van der Waals surface area contributed by atoms with Gasteiger partial charge in [0.15, 0.2) is 0 Å². The Bertz CT molecular complexity index is 1130. The summed E-state index contributed by atoms with van der Waals surface area (Å²) in [6, 6.07) is 15.4. The number of benzene rings is 2. The summed E-state index contributed by atoms with van der Waals surface area (Å²) in [5.74, 6) is 0.105. The second-order valence-corrected chi connectivity index (χ2v) is 7.58. The molecule has 2 atom stereocenters. The molecular formula is C24H25N3O5. The van der Waals surface area contributed by atoms with Crippen molar-refractivity contribution in [3.63, 3.8) is 0 Å². The zero-order valence-electron chi connectivity index (χ0n) is 18.2.